The zero-order chi connectivity index (χ0) is 8.97. The van der Waals surface area contributed by atoms with Crippen LogP contribution < -0.4 is 0 Å². The summed E-state index contributed by atoms with van der Waals surface area (Å²) >= 11 is 6.64. The van der Waals surface area contributed by atoms with Gasteiger partial charge in [-0.05, 0) is 24.1 Å². The Balaban J connectivity index is 2.78. The van der Waals surface area contributed by atoms with Crippen LogP contribution >= 0.6 is 23.5 Å². The Labute approximate surface area is 82.2 Å². The highest BCUT2D eigenvalue weighted by Gasteiger charge is 2.02. The molecule has 0 fully saturated rings. The maximum atomic E-state index is 5.79. The minimum absolute atomic E-state index is 0.454. The molecule has 1 aromatic rings. The molecule has 2 nitrogen and oxygen atoms in total. The minimum Gasteiger partial charge on any atom is -0.324 e. The molecule has 0 saturated carbocycles. The molecular formula is C7H7BClNOS. The van der Waals surface area contributed by atoms with Gasteiger partial charge < -0.3 is 4.18 Å². The van der Waals surface area contributed by atoms with Crippen molar-refractivity contribution in [1.82, 2.24) is 4.98 Å². The fraction of sp³-hybridized carbons (Fsp3) is 0.286. The smallest absolute Gasteiger partial charge is 0.203 e. The molecule has 62 valence electrons. The molecule has 12 heavy (non-hydrogen) atoms. The van der Waals surface area contributed by atoms with Crippen molar-refractivity contribution in [3.8, 4) is 0 Å². The quantitative estimate of drug-likeness (QED) is 0.424. The number of pyridine rings is 1. The maximum absolute atomic E-state index is 5.79. The van der Waals surface area contributed by atoms with E-state index in [0.29, 0.717) is 11.8 Å². The van der Waals surface area contributed by atoms with Gasteiger partial charge in [0, 0.05) is 6.20 Å². The molecule has 0 saturated heterocycles. The lowest BCUT2D eigenvalue weighted by Crippen LogP contribution is -1.92. The van der Waals surface area contributed by atoms with Gasteiger partial charge in [0.1, 0.15) is 5.15 Å². The second-order valence-electron chi connectivity index (χ2n) is 2.24. The predicted octanol–water partition coefficient (Wildman–Crippen LogP) is 2.29. The summed E-state index contributed by atoms with van der Waals surface area (Å²) in [6.45, 7) is 2.35. The average Bonchev–Trinajstić information content (AvgIpc) is 2.08. The second-order valence-corrected chi connectivity index (χ2v) is 3.03. The van der Waals surface area contributed by atoms with Gasteiger partial charge in [0.15, 0.2) is 0 Å². The average molecular weight is 199 g/mol. The van der Waals surface area contributed by atoms with Gasteiger partial charge in [-0.25, -0.2) is 4.98 Å². The fourth-order valence-electron chi connectivity index (χ4n) is 0.801. The number of hydrogen-bond acceptors (Lipinski definition) is 3. The third-order valence-electron chi connectivity index (χ3n) is 1.54. The zero-order valence-corrected chi connectivity index (χ0v) is 8.15. The van der Waals surface area contributed by atoms with Crippen LogP contribution in [0.25, 0.3) is 0 Å². The number of halogens is 1. The first-order chi connectivity index (χ1) is 5.75. The van der Waals surface area contributed by atoms with E-state index in [1.807, 2.05) is 13.0 Å². The summed E-state index contributed by atoms with van der Waals surface area (Å²) in [7, 11) is 5.11. The highest BCUT2D eigenvalue weighted by molar-refractivity contribution is 8.15. The highest BCUT2D eigenvalue weighted by Crippen LogP contribution is 2.17. The van der Waals surface area contributed by atoms with E-state index in [-0.39, 0.29) is 0 Å². The summed E-state index contributed by atoms with van der Waals surface area (Å²) in [6.07, 6.45) is 1.65. The lowest BCUT2D eigenvalue weighted by molar-refractivity contribution is 0.368. The van der Waals surface area contributed by atoms with Crippen LogP contribution in [0.2, 0.25) is 5.15 Å². The molecule has 0 spiro atoms. The van der Waals surface area contributed by atoms with E-state index in [1.54, 1.807) is 6.20 Å². The number of hydrogen-bond donors (Lipinski definition) is 0. The van der Waals surface area contributed by atoms with Crippen LogP contribution in [0.4, 0.5) is 0 Å². The first kappa shape index (κ1) is 9.90. The number of aromatic nitrogens is 1. The van der Waals surface area contributed by atoms with Gasteiger partial charge in [0.05, 0.1) is 6.61 Å². The van der Waals surface area contributed by atoms with Gasteiger partial charge >= 0.3 is 0 Å². The van der Waals surface area contributed by atoms with Crippen molar-refractivity contribution in [2.75, 3.05) is 0 Å². The van der Waals surface area contributed by atoms with E-state index in [4.69, 9.17) is 22.9 Å². The molecule has 0 amide bonds. The van der Waals surface area contributed by atoms with Crippen LogP contribution in [0.3, 0.4) is 0 Å². The SMILES string of the molecule is [B]SOCc1ccnc(Cl)c1C. The van der Waals surface area contributed by atoms with Crippen molar-refractivity contribution in [3.63, 3.8) is 0 Å². The molecule has 0 atom stereocenters. The fourth-order valence-corrected chi connectivity index (χ4v) is 1.17. The lowest BCUT2D eigenvalue weighted by Gasteiger charge is -2.05. The molecule has 0 unspecified atom stereocenters. The van der Waals surface area contributed by atoms with Gasteiger partial charge in [-0.2, -0.15) is 0 Å². The summed E-state index contributed by atoms with van der Waals surface area (Å²) < 4.78 is 4.96. The van der Waals surface area contributed by atoms with E-state index in [9.17, 15) is 0 Å². The third-order valence-corrected chi connectivity index (χ3v) is 2.17. The van der Waals surface area contributed by atoms with E-state index >= 15 is 0 Å². The Bertz CT molecular complexity index is 272. The second kappa shape index (κ2) is 4.75. The Morgan fingerprint density at radius 2 is 2.50 bits per heavy atom. The number of rotatable bonds is 3. The topological polar surface area (TPSA) is 22.1 Å². The molecular weight excluding hydrogens is 192 g/mol. The molecule has 0 bridgehead atoms. The van der Waals surface area contributed by atoms with Gasteiger partial charge in [-0.15, -0.1) is 0 Å². The Hall–Kier alpha value is -0.185. The zero-order valence-electron chi connectivity index (χ0n) is 6.58. The summed E-state index contributed by atoms with van der Waals surface area (Å²) in [6, 6.07) is 1.86. The number of nitrogens with zero attached hydrogens (tertiary/aromatic N) is 1. The van der Waals surface area contributed by atoms with Crippen LogP contribution in [-0.2, 0) is 10.8 Å². The standard InChI is InChI=1S/C7H7BClNOS/c1-5-6(4-11-12-8)2-3-10-7(5)9/h2-3H,4H2,1H3. The normalized spacial score (nSPS) is 10.2. The van der Waals surface area contributed by atoms with E-state index < -0.39 is 0 Å². The van der Waals surface area contributed by atoms with Crippen LogP contribution in [0, 0.1) is 6.92 Å². The van der Waals surface area contributed by atoms with Crippen molar-refractivity contribution in [3.05, 3.63) is 28.5 Å². The van der Waals surface area contributed by atoms with Crippen molar-refractivity contribution >= 4 is 30.6 Å². The predicted molar refractivity (Wildman–Crippen MR) is 52.1 cm³/mol. The van der Waals surface area contributed by atoms with Gasteiger partial charge in [-0.1, -0.05) is 23.5 Å². The van der Waals surface area contributed by atoms with Crippen LogP contribution in [0.5, 0.6) is 0 Å². The van der Waals surface area contributed by atoms with E-state index in [1.165, 1.54) is 0 Å². The molecule has 1 heterocycles. The molecule has 0 aromatic carbocycles. The monoisotopic (exact) mass is 199 g/mol. The van der Waals surface area contributed by atoms with Crippen molar-refractivity contribution in [2.45, 2.75) is 13.5 Å². The van der Waals surface area contributed by atoms with Crippen LogP contribution in [0.1, 0.15) is 11.1 Å². The minimum atomic E-state index is 0.454. The summed E-state index contributed by atoms with van der Waals surface area (Å²) in [4.78, 5) is 3.92. The van der Waals surface area contributed by atoms with E-state index in [2.05, 4.69) is 4.98 Å². The van der Waals surface area contributed by atoms with Crippen molar-refractivity contribution in [1.29, 1.82) is 0 Å². The highest BCUT2D eigenvalue weighted by atomic mass is 35.5. The Kier molecular flexibility index (Phi) is 3.92. The van der Waals surface area contributed by atoms with Crippen molar-refractivity contribution < 1.29 is 4.18 Å². The molecule has 1 rings (SSSR count). The molecule has 0 N–H and O–H groups in total. The van der Waals surface area contributed by atoms with Crippen LogP contribution in [0.15, 0.2) is 12.3 Å². The Morgan fingerprint density at radius 3 is 3.17 bits per heavy atom. The first-order valence-corrected chi connectivity index (χ1v) is 4.52. The van der Waals surface area contributed by atoms with Gasteiger partial charge in [-0.3, -0.25) is 0 Å². The summed E-state index contributed by atoms with van der Waals surface area (Å²) in [5, 5.41) is 0.512. The van der Waals surface area contributed by atoms with Crippen LogP contribution in [-0.4, -0.2) is 12.1 Å². The van der Waals surface area contributed by atoms with Gasteiger partial charge in [0.2, 0.25) is 7.12 Å². The largest absolute Gasteiger partial charge is 0.324 e. The molecule has 2 radical (unpaired) electrons. The molecule has 0 aliphatic heterocycles. The first-order valence-electron chi connectivity index (χ1n) is 3.34. The summed E-state index contributed by atoms with van der Waals surface area (Å²) in [5.41, 5.74) is 1.95. The summed E-state index contributed by atoms with van der Waals surface area (Å²) in [5.74, 6) is 0. The molecule has 5 heteroatoms. The molecule has 0 aliphatic rings. The van der Waals surface area contributed by atoms with E-state index in [0.717, 1.165) is 23.0 Å². The van der Waals surface area contributed by atoms with Gasteiger partial charge in [0.25, 0.3) is 0 Å². The lowest BCUT2D eigenvalue weighted by atomic mass is 10.2. The molecule has 1 aromatic heterocycles. The van der Waals surface area contributed by atoms with Crippen molar-refractivity contribution in [2.24, 2.45) is 0 Å². The maximum Gasteiger partial charge on any atom is 0.203 e. The Morgan fingerprint density at radius 1 is 1.75 bits per heavy atom. The molecule has 0 aliphatic carbocycles. The third kappa shape index (κ3) is 2.40.